The number of hydrogen-bond acceptors (Lipinski definition) is 4. The Labute approximate surface area is 142 Å². The lowest BCUT2D eigenvalue weighted by molar-refractivity contribution is 0.0160. The van der Waals surface area contributed by atoms with Crippen molar-refractivity contribution in [3.05, 3.63) is 30.3 Å². The van der Waals surface area contributed by atoms with Gasteiger partial charge in [0.1, 0.15) is 12.2 Å². The fourth-order valence-corrected chi connectivity index (χ4v) is 3.28. The van der Waals surface area contributed by atoms with Crippen molar-refractivity contribution in [2.24, 2.45) is 0 Å². The minimum atomic E-state index is -0.505. The predicted octanol–water partition coefficient (Wildman–Crippen LogP) is 3.41. The molecule has 0 bridgehead atoms. The van der Waals surface area contributed by atoms with E-state index in [2.05, 4.69) is 0 Å². The van der Waals surface area contributed by atoms with Crippen molar-refractivity contribution in [2.45, 2.75) is 44.8 Å². The second-order valence-electron chi connectivity index (χ2n) is 7.42. The van der Waals surface area contributed by atoms with Crippen molar-refractivity contribution in [1.82, 2.24) is 4.90 Å². The molecular formula is C18H24N2O4. The van der Waals surface area contributed by atoms with Gasteiger partial charge in [0.15, 0.2) is 0 Å². The summed E-state index contributed by atoms with van der Waals surface area (Å²) in [5, 5.41) is 0. The number of rotatable bonds is 1. The third kappa shape index (κ3) is 3.18. The molecule has 6 heteroatoms. The fraction of sp³-hybridized carbons (Fsp3) is 0.556. The van der Waals surface area contributed by atoms with Crippen LogP contribution in [-0.2, 0) is 9.47 Å². The molecule has 0 atom stereocenters. The number of carbonyl (C=O) groups is 2. The van der Waals surface area contributed by atoms with Crippen LogP contribution in [0, 0.1) is 0 Å². The Bertz CT molecular complexity index is 616. The molecule has 24 heavy (non-hydrogen) atoms. The van der Waals surface area contributed by atoms with Crippen LogP contribution < -0.4 is 4.90 Å². The van der Waals surface area contributed by atoms with Gasteiger partial charge in [0, 0.05) is 18.8 Å². The molecule has 2 heterocycles. The smallest absolute Gasteiger partial charge is 0.415 e. The molecular weight excluding hydrogens is 308 g/mol. The molecule has 1 aromatic carbocycles. The first-order valence-electron chi connectivity index (χ1n) is 8.31. The summed E-state index contributed by atoms with van der Waals surface area (Å²) < 4.78 is 10.8. The van der Waals surface area contributed by atoms with E-state index in [4.69, 9.17) is 9.47 Å². The topological polar surface area (TPSA) is 59.1 Å². The minimum absolute atomic E-state index is 0.297. The van der Waals surface area contributed by atoms with Gasteiger partial charge < -0.3 is 14.4 Å². The number of piperidine rings is 1. The van der Waals surface area contributed by atoms with Crippen molar-refractivity contribution in [1.29, 1.82) is 0 Å². The van der Waals surface area contributed by atoms with Crippen molar-refractivity contribution in [2.75, 3.05) is 24.6 Å². The van der Waals surface area contributed by atoms with Gasteiger partial charge in [0.2, 0.25) is 0 Å². The molecule has 0 unspecified atom stereocenters. The lowest BCUT2D eigenvalue weighted by atomic mass is 9.87. The first kappa shape index (κ1) is 16.6. The molecule has 2 fully saturated rings. The molecule has 0 saturated carbocycles. The number of para-hydroxylation sites is 1. The first-order valence-corrected chi connectivity index (χ1v) is 8.31. The van der Waals surface area contributed by atoms with Gasteiger partial charge in [-0.05, 0) is 45.7 Å². The maximum atomic E-state index is 12.2. The van der Waals surface area contributed by atoms with Crippen LogP contribution in [0.25, 0.3) is 0 Å². The monoisotopic (exact) mass is 332 g/mol. The standard InChI is InChI=1S/C18H24N2O4/c1-17(2,3)24-15(21)19-11-9-18(10-12-19)13-23-16(22)20(18)14-7-5-4-6-8-14/h4-8H,9-13H2,1-3H3. The molecule has 2 amide bonds. The molecule has 6 nitrogen and oxygen atoms in total. The Morgan fingerprint density at radius 2 is 1.79 bits per heavy atom. The van der Waals surface area contributed by atoms with Crippen LogP contribution in [0.1, 0.15) is 33.6 Å². The van der Waals surface area contributed by atoms with Gasteiger partial charge >= 0.3 is 12.2 Å². The summed E-state index contributed by atoms with van der Waals surface area (Å²) in [5.74, 6) is 0. The normalized spacial score (nSPS) is 20.2. The number of anilines is 1. The van der Waals surface area contributed by atoms with Crippen molar-refractivity contribution >= 4 is 17.9 Å². The van der Waals surface area contributed by atoms with E-state index in [9.17, 15) is 9.59 Å². The third-order valence-corrected chi connectivity index (χ3v) is 4.48. The van der Waals surface area contributed by atoms with Gasteiger partial charge in [-0.3, -0.25) is 4.90 Å². The van der Waals surface area contributed by atoms with E-state index in [-0.39, 0.29) is 17.7 Å². The van der Waals surface area contributed by atoms with E-state index < -0.39 is 5.60 Å². The molecule has 1 aromatic rings. The number of amides is 2. The van der Waals surface area contributed by atoms with Crippen LogP contribution in [0.4, 0.5) is 15.3 Å². The Morgan fingerprint density at radius 3 is 2.38 bits per heavy atom. The van der Waals surface area contributed by atoms with Crippen molar-refractivity contribution in [3.63, 3.8) is 0 Å². The summed E-state index contributed by atoms with van der Waals surface area (Å²) in [6.45, 7) is 7.04. The van der Waals surface area contributed by atoms with E-state index in [0.717, 1.165) is 5.69 Å². The van der Waals surface area contributed by atoms with Crippen LogP contribution in [0.5, 0.6) is 0 Å². The van der Waals surface area contributed by atoms with E-state index in [1.54, 1.807) is 9.80 Å². The van der Waals surface area contributed by atoms with E-state index >= 15 is 0 Å². The number of carbonyl (C=O) groups excluding carboxylic acids is 2. The Morgan fingerprint density at radius 1 is 1.17 bits per heavy atom. The van der Waals surface area contributed by atoms with Crippen LogP contribution in [0.2, 0.25) is 0 Å². The summed E-state index contributed by atoms with van der Waals surface area (Å²) in [6.07, 6.45) is 0.737. The van der Waals surface area contributed by atoms with E-state index in [1.165, 1.54) is 0 Å². The van der Waals surface area contributed by atoms with Crippen LogP contribution in [0.3, 0.4) is 0 Å². The second kappa shape index (κ2) is 6.00. The number of benzene rings is 1. The molecule has 3 rings (SSSR count). The highest BCUT2D eigenvalue weighted by Gasteiger charge is 2.50. The van der Waals surface area contributed by atoms with E-state index in [1.807, 2.05) is 51.1 Å². The number of cyclic esters (lactones) is 1. The van der Waals surface area contributed by atoms with Crippen LogP contribution in [0.15, 0.2) is 30.3 Å². The Hall–Kier alpha value is -2.24. The highest BCUT2D eigenvalue weighted by molar-refractivity contribution is 5.91. The number of hydrogen-bond donors (Lipinski definition) is 0. The zero-order chi connectivity index (χ0) is 17.4. The Balaban J connectivity index is 1.72. The summed E-state index contributed by atoms with van der Waals surface area (Å²) in [4.78, 5) is 27.9. The summed E-state index contributed by atoms with van der Waals surface area (Å²) in [6, 6.07) is 9.56. The third-order valence-electron chi connectivity index (χ3n) is 4.48. The zero-order valence-corrected chi connectivity index (χ0v) is 14.4. The zero-order valence-electron chi connectivity index (χ0n) is 14.4. The van der Waals surface area contributed by atoms with Crippen LogP contribution >= 0.6 is 0 Å². The van der Waals surface area contributed by atoms with Crippen LogP contribution in [-0.4, -0.2) is 47.9 Å². The van der Waals surface area contributed by atoms with Gasteiger partial charge in [0.25, 0.3) is 0 Å². The first-order chi connectivity index (χ1) is 11.3. The lowest BCUT2D eigenvalue weighted by Crippen LogP contribution is -2.56. The average molecular weight is 332 g/mol. The molecule has 0 radical (unpaired) electrons. The second-order valence-corrected chi connectivity index (χ2v) is 7.42. The Kier molecular flexibility index (Phi) is 4.15. The van der Waals surface area contributed by atoms with Gasteiger partial charge in [-0.2, -0.15) is 0 Å². The van der Waals surface area contributed by atoms with E-state index in [0.29, 0.717) is 32.5 Å². The summed E-state index contributed by atoms with van der Waals surface area (Å²) in [5.41, 5.74) is -0.0446. The average Bonchev–Trinajstić information content (AvgIpc) is 2.83. The number of likely N-dealkylation sites (tertiary alicyclic amines) is 1. The van der Waals surface area contributed by atoms with Crippen molar-refractivity contribution in [3.8, 4) is 0 Å². The van der Waals surface area contributed by atoms with Gasteiger partial charge in [0.05, 0.1) is 5.54 Å². The molecule has 0 aromatic heterocycles. The highest BCUT2D eigenvalue weighted by Crippen LogP contribution is 2.38. The lowest BCUT2D eigenvalue weighted by Gasteiger charge is -2.42. The van der Waals surface area contributed by atoms with Crippen molar-refractivity contribution < 1.29 is 19.1 Å². The maximum Gasteiger partial charge on any atom is 0.415 e. The molecule has 0 N–H and O–H groups in total. The SMILES string of the molecule is CC(C)(C)OC(=O)N1CCC2(CC1)COC(=O)N2c1ccccc1. The molecule has 1 spiro atoms. The largest absolute Gasteiger partial charge is 0.447 e. The molecule has 2 saturated heterocycles. The fourth-order valence-electron chi connectivity index (χ4n) is 3.28. The van der Waals surface area contributed by atoms with Gasteiger partial charge in [-0.1, -0.05) is 18.2 Å². The summed E-state index contributed by atoms with van der Waals surface area (Å²) in [7, 11) is 0. The number of ether oxygens (including phenoxy) is 2. The minimum Gasteiger partial charge on any atom is -0.447 e. The number of nitrogens with zero attached hydrogens (tertiary/aromatic N) is 2. The molecule has 130 valence electrons. The quantitative estimate of drug-likeness (QED) is 0.791. The van der Waals surface area contributed by atoms with Gasteiger partial charge in [-0.15, -0.1) is 0 Å². The molecule has 2 aliphatic heterocycles. The molecule has 0 aliphatic carbocycles. The predicted molar refractivity (Wildman–Crippen MR) is 90.0 cm³/mol. The highest BCUT2D eigenvalue weighted by atomic mass is 16.6. The van der Waals surface area contributed by atoms with Gasteiger partial charge in [-0.25, -0.2) is 9.59 Å². The molecule has 2 aliphatic rings. The summed E-state index contributed by atoms with van der Waals surface area (Å²) >= 11 is 0. The maximum absolute atomic E-state index is 12.2.